The van der Waals surface area contributed by atoms with Crippen molar-refractivity contribution < 1.29 is 5.11 Å². The van der Waals surface area contributed by atoms with E-state index in [9.17, 15) is 4.79 Å². The molecule has 0 aliphatic heterocycles. The van der Waals surface area contributed by atoms with Crippen LogP contribution in [0.5, 0.6) is 0 Å². The number of pyridine rings is 1. The number of fused-ring (bicyclic) bond motifs is 1. The smallest absolute Gasteiger partial charge is 0.260 e. The van der Waals surface area contributed by atoms with Gasteiger partial charge in [-0.2, -0.15) is 0 Å². The van der Waals surface area contributed by atoms with E-state index in [0.717, 1.165) is 5.69 Å². The summed E-state index contributed by atoms with van der Waals surface area (Å²) in [5.74, 6) is 0.408. The lowest BCUT2D eigenvalue weighted by Gasteiger charge is -2.03. The van der Waals surface area contributed by atoms with Crippen LogP contribution in [0.2, 0.25) is 0 Å². The van der Waals surface area contributed by atoms with Crippen molar-refractivity contribution in [1.29, 1.82) is 0 Å². The quantitative estimate of drug-likeness (QED) is 0.491. The molecule has 0 aliphatic rings. The van der Waals surface area contributed by atoms with Crippen LogP contribution in [-0.2, 0) is 0 Å². The summed E-state index contributed by atoms with van der Waals surface area (Å²) in [7, 11) is 0. The second-order valence-corrected chi connectivity index (χ2v) is 5.50. The van der Waals surface area contributed by atoms with Crippen molar-refractivity contribution in [1.82, 2.24) is 29.5 Å². The first-order valence-electron chi connectivity index (χ1n) is 7.94. The highest BCUT2D eigenvalue weighted by Gasteiger charge is 2.16. The number of nitrogens with zero attached hydrogens (tertiary/aromatic N) is 5. The number of aromatic nitrogens is 6. The fourth-order valence-corrected chi connectivity index (χ4v) is 2.71. The van der Waals surface area contributed by atoms with Crippen molar-refractivity contribution in [3.63, 3.8) is 0 Å². The molecule has 130 valence electrons. The molecule has 0 spiro atoms. The normalized spacial score (nSPS) is 11.0. The van der Waals surface area contributed by atoms with Gasteiger partial charge < -0.3 is 15.4 Å². The van der Waals surface area contributed by atoms with Crippen LogP contribution in [0.3, 0.4) is 0 Å². The first kappa shape index (κ1) is 15.9. The summed E-state index contributed by atoms with van der Waals surface area (Å²) in [5.41, 5.74) is 2.44. The molecular weight excluding hydrogens is 334 g/mol. The van der Waals surface area contributed by atoms with Crippen molar-refractivity contribution in [2.45, 2.75) is 0 Å². The van der Waals surface area contributed by atoms with Crippen LogP contribution in [-0.4, -0.2) is 47.7 Å². The molecule has 0 saturated heterocycles. The van der Waals surface area contributed by atoms with Crippen molar-refractivity contribution in [2.75, 3.05) is 18.5 Å². The maximum absolute atomic E-state index is 12.4. The highest BCUT2D eigenvalue weighted by molar-refractivity contribution is 5.94. The molecule has 0 amide bonds. The predicted octanol–water partition coefficient (Wildman–Crippen LogP) is 0.970. The summed E-state index contributed by atoms with van der Waals surface area (Å²) in [6.07, 6.45) is 9.83. The number of anilines is 1. The molecule has 0 aliphatic carbocycles. The Morgan fingerprint density at radius 2 is 2.04 bits per heavy atom. The predicted molar refractivity (Wildman–Crippen MR) is 96.1 cm³/mol. The van der Waals surface area contributed by atoms with Gasteiger partial charge in [-0.05, 0) is 12.1 Å². The second kappa shape index (κ2) is 6.73. The summed E-state index contributed by atoms with van der Waals surface area (Å²) in [5, 5.41) is 12.2. The third kappa shape index (κ3) is 2.80. The molecular formula is C17H15N7O2. The monoisotopic (exact) mass is 349 g/mol. The number of rotatable bonds is 5. The zero-order chi connectivity index (χ0) is 17.9. The van der Waals surface area contributed by atoms with Gasteiger partial charge in [0, 0.05) is 42.5 Å². The van der Waals surface area contributed by atoms with Gasteiger partial charge in [0.1, 0.15) is 0 Å². The van der Waals surface area contributed by atoms with E-state index >= 15 is 0 Å². The van der Waals surface area contributed by atoms with Crippen molar-refractivity contribution in [3.05, 3.63) is 59.8 Å². The molecule has 9 nitrogen and oxygen atoms in total. The molecule has 0 atom stereocenters. The Hall–Kier alpha value is -3.59. The van der Waals surface area contributed by atoms with Crippen molar-refractivity contribution >= 4 is 17.0 Å². The van der Waals surface area contributed by atoms with Gasteiger partial charge in [0.15, 0.2) is 5.65 Å². The van der Waals surface area contributed by atoms with Gasteiger partial charge in [-0.3, -0.25) is 14.3 Å². The van der Waals surface area contributed by atoms with E-state index in [0.29, 0.717) is 34.7 Å². The molecule has 0 saturated carbocycles. The SMILES string of the molecule is O=c1[nH]cnc2c1c(-c1cnc(NCCO)nc1)cn2-c1cccnc1. The molecule has 4 aromatic rings. The fourth-order valence-electron chi connectivity index (χ4n) is 2.71. The van der Waals surface area contributed by atoms with Crippen LogP contribution < -0.4 is 10.9 Å². The second-order valence-electron chi connectivity index (χ2n) is 5.50. The first-order valence-corrected chi connectivity index (χ1v) is 7.94. The average Bonchev–Trinajstić information content (AvgIpc) is 3.08. The Bertz CT molecular complexity index is 1090. The third-order valence-corrected chi connectivity index (χ3v) is 3.87. The number of aromatic amines is 1. The molecule has 0 aromatic carbocycles. The van der Waals surface area contributed by atoms with Crippen molar-refractivity contribution in [2.24, 2.45) is 0 Å². The van der Waals surface area contributed by atoms with Gasteiger partial charge in [0.25, 0.3) is 5.56 Å². The summed E-state index contributed by atoms with van der Waals surface area (Å²) in [6, 6.07) is 3.70. The van der Waals surface area contributed by atoms with Crippen LogP contribution in [0.4, 0.5) is 5.95 Å². The third-order valence-electron chi connectivity index (χ3n) is 3.87. The van der Waals surface area contributed by atoms with E-state index in [1.807, 2.05) is 22.9 Å². The number of aliphatic hydroxyl groups excluding tert-OH is 1. The lowest BCUT2D eigenvalue weighted by molar-refractivity contribution is 0.311. The summed E-state index contributed by atoms with van der Waals surface area (Å²) >= 11 is 0. The van der Waals surface area contributed by atoms with E-state index in [1.54, 1.807) is 24.8 Å². The minimum atomic E-state index is -0.241. The van der Waals surface area contributed by atoms with Gasteiger partial charge in [0.05, 0.1) is 30.2 Å². The minimum absolute atomic E-state index is 0.00917. The number of hydrogen-bond donors (Lipinski definition) is 3. The van der Waals surface area contributed by atoms with Crippen LogP contribution >= 0.6 is 0 Å². The minimum Gasteiger partial charge on any atom is -0.395 e. The molecule has 4 aromatic heterocycles. The Morgan fingerprint density at radius 3 is 2.77 bits per heavy atom. The molecule has 9 heteroatoms. The Kier molecular flexibility index (Phi) is 4.12. The van der Waals surface area contributed by atoms with E-state index in [2.05, 4.69) is 30.2 Å². The number of nitrogens with one attached hydrogen (secondary N) is 2. The molecule has 26 heavy (non-hydrogen) atoms. The molecule has 0 bridgehead atoms. The molecule has 0 fully saturated rings. The summed E-state index contributed by atoms with van der Waals surface area (Å²) < 4.78 is 1.81. The molecule has 0 radical (unpaired) electrons. The first-order chi connectivity index (χ1) is 12.8. The van der Waals surface area contributed by atoms with E-state index in [4.69, 9.17) is 5.11 Å². The summed E-state index contributed by atoms with van der Waals surface area (Å²) in [4.78, 5) is 31.9. The number of H-pyrrole nitrogens is 1. The van der Waals surface area contributed by atoms with E-state index in [-0.39, 0.29) is 12.2 Å². The highest BCUT2D eigenvalue weighted by atomic mass is 16.3. The van der Waals surface area contributed by atoms with Crippen molar-refractivity contribution in [3.8, 4) is 16.8 Å². The van der Waals surface area contributed by atoms with Crippen LogP contribution in [0, 0.1) is 0 Å². The van der Waals surface area contributed by atoms with Crippen LogP contribution in [0.15, 0.2) is 54.2 Å². The average molecular weight is 349 g/mol. The van der Waals surface area contributed by atoms with Gasteiger partial charge in [-0.1, -0.05) is 0 Å². The lowest BCUT2D eigenvalue weighted by Crippen LogP contribution is -2.08. The largest absolute Gasteiger partial charge is 0.395 e. The van der Waals surface area contributed by atoms with Gasteiger partial charge in [-0.25, -0.2) is 15.0 Å². The number of aliphatic hydroxyl groups is 1. The Balaban J connectivity index is 1.86. The Morgan fingerprint density at radius 1 is 1.19 bits per heavy atom. The highest BCUT2D eigenvalue weighted by Crippen LogP contribution is 2.28. The standard InChI is InChI=1S/C17H15N7O2/c25-5-4-19-17-20-6-11(7-21-17)13-9-24(12-2-1-3-18-8-12)15-14(13)16(26)23-10-22-15/h1-3,6-10,25H,4-5H2,(H,19,20,21)(H,22,23,26). The van der Waals surface area contributed by atoms with Gasteiger partial charge >= 0.3 is 0 Å². The summed E-state index contributed by atoms with van der Waals surface area (Å²) in [6.45, 7) is 0.355. The van der Waals surface area contributed by atoms with Crippen LogP contribution in [0.25, 0.3) is 27.8 Å². The maximum Gasteiger partial charge on any atom is 0.260 e. The molecule has 3 N–H and O–H groups in total. The molecule has 0 unspecified atom stereocenters. The van der Waals surface area contributed by atoms with Crippen LogP contribution in [0.1, 0.15) is 0 Å². The molecule has 4 heterocycles. The van der Waals surface area contributed by atoms with E-state index in [1.165, 1.54) is 6.33 Å². The Labute approximate surface area is 147 Å². The fraction of sp³-hybridized carbons (Fsp3) is 0.118. The molecule has 4 rings (SSSR count). The number of hydrogen-bond acceptors (Lipinski definition) is 7. The van der Waals surface area contributed by atoms with E-state index < -0.39 is 0 Å². The van der Waals surface area contributed by atoms with Gasteiger partial charge in [0.2, 0.25) is 5.95 Å². The topological polar surface area (TPSA) is 122 Å². The lowest BCUT2D eigenvalue weighted by atomic mass is 10.1. The maximum atomic E-state index is 12.4. The van der Waals surface area contributed by atoms with Gasteiger partial charge in [-0.15, -0.1) is 0 Å². The zero-order valence-electron chi connectivity index (χ0n) is 13.6. The zero-order valence-corrected chi connectivity index (χ0v) is 13.6.